The van der Waals surface area contributed by atoms with E-state index in [4.69, 9.17) is 5.73 Å². The van der Waals surface area contributed by atoms with Gasteiger partial charge in [-0.1, -0.05) is 30.3 Å². The monoisotopic (exact) mass is 346 g/mol. The van der Waals surface area contributed by atoms with Crippen LogP contribution >= 0.6 is 0 Å². The fourth-order valence-corrected chi connectivity index (χ4v) is 3.14. The third-order valence-electron chi connectivity index (χ3n) is 4.66. The van der Waals surface area contributed by atoms with Crippen molar-refractivity contribution in [3.63, 3.8) is 0 Å². The summed E-state index contributed by atoms with van der Waals surface area (Å²) in [4.78, 5) is 28.1. The number of nitrogens with one attached hydrogen (secondary N) is 1. The molecule has 3 N–H and O–H groups in total. The van der Waals surface area contributed by atoms with E-state index in [0.29, 0.717) is 32.5 Å². The molecule has 6 heteroatoms. The molecule has 138 valence electrons. The standard InChI is InChI=1S/C19H30N4O2/c1-15(20)19(25)23-11-8-17(9-12-23)18(24)21-10-13-22(2)14-16-6-4-3-5-7-16/h3-7,15,17H,8-14,20H2,1-2H3,(H,21,24)/t15-/m1/s1. The Bertz CT molecular complexity index is 554. The number of hydrogen-bond acceptors (Lipinski definition) is 4. The molecule has 0 saturated carbocycles. The molecule has 1 aliphatic heterocycles. The number of likely N-dealkylation sites (tertiary alicyclic amines) is 1. The average Bonchev–Trinajstić information content (AvgIpc) is 2.62. The predicted octanol–water partition coefficient (Wildman–Crippen LogP) is 0.820. The number of likely N-dealkylation sites (N-methyl/N-ethyl adjacent to an activating group) is 1. The minimum Gasteiger partial charge on any atom is -0.355 e. The molecule has 0 radical (unpaired) electrons. The summed E-state index contributed by atoms with van der Waals surface area (Å²) < 4.78 is 0. The van der Waals surface area contributed by atoms with Crippen molar-refractivity contribution in [3.05, 3.63) is 35.9 Å². The molecule has 0 unspecified atom stereocenters. The number of carbonyl (C=O) groups excluding carboxylic acids is 2. The molecule has 6 nitrogen and oxygen atoms in total. The Morgan fingerprint density at radius 3 is 2.52 bits per heavy atom. The highest BCUT2D eigenvalue weighted by atomic mass is 16.2. The van der Waals surface area contributed by atoms with E-state index in [1.807, 2.05) is 18.2 Å². The number of nitrogens with two attached hydrogens (primary N) is 1. The summed E-state index contributed by atoms with van der Waals surface area (Å²) in [7, 11) is 2.05. The maximum Gasteiger partial charge on any atom is 0.239 e. The Kier molecular flexibility index (Phi) is 7.40. The van der Waals surface area contributed by atoms with Crippen LogP contribution in [-0.4, -0.2) is 60.9 Å². The molecular weight excluding hydrogens is 316 g/mol. The van der Waals surface area contributed by atoms with Gasteiger partial charge in [0.2, 0.25) is 11.8 Å². The van der Waals surface area contributed by atoms with Crippen LogP contribution in [0.2, 0.25) is 0 Å². The maximum absolute atomic E-state index is 12.3. The van der Waals surface area contributed by atoms with Crippen molar-refractivity contribution in [3.8, 4) is 0 Å². The van der Waals surface area contributed by atoms with E-state index in [0.717, 1.165) is 13.1 Å². The van der Waals surface area contributed by atoms with E-state index in [1.165, 1.54) is 5.56 Å². The Morgan fingerprint density at radius 1 is 1.28 bits per heavy atom. The lowest BCUT2D eigenvalue weighted by Crippen LogP contribution is -2.48. The molecule has 1 aromatic carbocycles. The van der Waals surface area contributed by atoms with Crippen molar-refractivity contribution in [1.82, 2.24) is 15.1 Å². The second kappa shape index (κ2) is 9.53. The number of hydrogen-bond donors (Lipinski definition) is 2. The van der Waals surface area contributed by atoms with Gasteiger partial charge in [-0.2, -0.15) is 0 Å². The summed E-state index contributed by atoms with van der Waals surface area (Å²) in [6, 6.07) is 9.82. The van der Waals surface area contributed by atoms with Gasteiger partial charge in [-0.15, -0.1) is 0 Å². The summed E-state index contributed by atoms with van der Waals surface area (Å²) in [6.45, 7) is 5.25. The van der Waals surface area contributed by atoms with Crippen LogP contribution in [0.25, 0.3) is 0 Å². The summed E-state index contributed by atoms with van der Waals surface area (Å²) >= 11 is 0. The summed E-state index contributed by atoms with van der Waals surface area (Å²) in [5.41, 5.74) is 6.90. The van der Waals surface area contributed by atoms with Gasteiger partial charge in [0.25, 0.3) is 0 Å². The number of benzene rings is 1. The number of rotatable bonds is 7. The molecule has 1 saturated heterocycles. The molecule has 0 aliphatic carbocycles. The lowest BCUT2D eigenvalue weighted by atomic mass is 9.95. The second-order valence-corrected chi connectivity index (χ2v) is 6.90. The first-order valence-electron chi connectivity index (χ1n) is 9.02. The Balaban J connectivity index is 1.65. The van der Waals surface area contributed by atoms with Crippen LogP contribution in [-0.2, 0) is 16.1 Å². The van der Waals surface area contributed by atoms with Crippen LogP contribution < -0.4 is 11.1 Å². The normalized spacial score (nSPS) is 16.7. The van der Waals surface area contributed by atoms with Crippen molar-refractivity contribution in [1.29, 1.82) is 0 Å². The first-order valence-corrected chi connectivity index (χ1v) is 9.02. The zero-order chi connectivity index (χ0) is 18.2. The van der Waals surface area contributed by atoms with Gasteiger partial charge in [0.1, 0.15) is 0 Å². The fraction of sp³-hybridized carbons (Fsp3) is 0.579. The van der Waals surface area contributed by atoms with E-state index in [1.54, 1.807) is 11.8 Å². The van der Waals surface area contributed by atoms with Crippen LogP contribution in [0.1, 0.15) is 25.3 Å². The van der Waals surface area contributed by atoms with Crippen LogP contribution in [0.5, 0.6) is 0 Å². The van der Waals surface area contributed by atoms with Crippen LogP contribution in [0, 0.1) is 5.92 Å². The Hall–Kier alpha value is -1.92. The average molecular weight is 346 g/mol. The summed E-state index contributed by atoms with van der Waals surface area (Å²) in [5.74, 6) is 0.0685. The van der Waals surface area contributed by atoms with Gasteiger partial charge in [0, 0.05) is 38.6 Å². The van der Waals surface area contributed by atoms with Gasteiger partial charge in [0.05, 0.1) is 6.04 Å². The van der Waals surface area contributed by atoms with Gasteiger partial charge in [-0.3, -0.25) is 9.59 Å². The molecule has 2 amide bonds. The second-order valence-electron chi connectivity index (χ2n) is 6.90. The minimum atomic E-state index is -0.467. The number of carbonyl (C=O) groups is 2. The van der Waals surface area contributed by atoms with Gasteiger partial charge in [-0.05, 0) is 32.4 Å². The number of amides is 2. The molecule has 1 fully saturated rings. The minimum absolute atomic E-state index is 0.00319. The molecule has 2 rings (SSSR count). The molecule has 1 atom stereocenters. The molecule has 0 bridgehead atoms. The first kappa shape index (κ1) is 19.4. The molecule has 0 spiro atoms. The summed E-state index contributed by atoms with van der Waals surface area (Å²) in [5, 5.41) is 3.03. The van der Waals surface area contributed by atoms with Crippen molar-refractivity contribution < 1.29 is 9.59 Å². The van der Waals surface area contributed by atoms with Gasteiger partial charge in [0.15, 0.2) is 0 Å². The SMILES string of the molecule is C[C@@H](N)C(=O)N1CCC(C(=O)NCCN(C)Cc2ccccc2)CC1. The topological polar surface area (TPSA) is 78.7 Å². The zero-order valence-corrected chi connectivity index (χ0v) is 15.3. The highest BCUT2D eigenvalue weighted by molar-refractivity contribution is 5.82. The van der Waals surface area contributed by atoms with E-state index >= 15 is 0 Å². The highest BCUT2D eigenvalue weighted by Gasteiger charge is 2.28. The van der Waals surface area contributed by atoms with Gasteiger partial charge >= 0.3 is 0 Å². The smallest absolute Gasteiger partial charge is 0.239 e. The van der Waals surface area contributed by atoms with Gasteiger partial charge < -0.3 is 20.9 Å². The highest BCUT2D eigenvalue weighted by Crippen LogP contribution is 2.17. The summed E-state index contributed by atoms with van der Waals surface area (Å²) in [6.07, 6.45) is 1.42. The Labute approximate surface area is 150 Å². The van der Waals surface area contributed by atoms with Gasteiger partial charge in [-0.25, -0.2) is 0 Å². The molecule has 1 heterocycles. The number of piperidine rings is 1. The number of nitrogens with zero attached hydrogens (tertiary/aromatic N) is 2. The lowest BCUT2D eigenvalue weighted by Gasteiger charge is -2.32. The van der Waals surface area contributed by atoms with Crippen molar-refractivity contribution >= 4 is 11.8 Å². The fourth-order valence-electron chi connectivity index (χ4n) is 3.14. The van der Waals surface area contributed by atoms with E-state index in [9.17, 15) is 9.59 Å². The van der Waals surface area contributed by atoms with Crippen molar-refractivity contribution in [2.45, 2.75) is 32.4 Å². The molecule has 1 aromatic rings. The van der Waals surface area contributed by atoms with E-state index in [-0.39, 0.29) is 17.7 Å². The first-order chi connectivity index (χ1) is 12.0. The van der Waals surface area contributed by atoms with Crippen LogP contribution in [0.4, 0.5) is 0 Å². The molecule has 1 aliphatic rings. The molecular formula is C19H30N4O2. The zero-order valence-electron chi connectivity index (χ0n) is 15.3. The van der Waals surface area contributed by atoms with E-state index in [2.05, 4.69) is 29.4 Å². The third kappa shape index (κ3) is 6.14. The largest absolute Gasteiger partial charge is 0.355 e. The maximum atomic E-state index is 12.3. The third-order valence-corrected chi connectivity index (χ3v) is 4.66. The lowest BCUT2D eigenvalue weighted by molar-refractivity contribution is -0.136. The van der Waals surface area contributed by atoms with Crippen molar-refractivity contribution in [2.24, 2.45) is 11.7 Å². The Morgan fingerprint density at radius 2 is 1.92 bits per heavy atom. The van der Waals surface area contributed by atoms with E-state index < -0.39 is 6.04 Å². The van der Waals surface area contributed by atoms with Crippen molar-refractivity contribution in [2.75, 3.05) is 33.2 Å². The van der Waals surface area contributed by atoms with Crippen LogP contribution in [0.3, 0.4) is 0 Å². The quantitative estimate of drug-likeness (QED) is 0.766. The molecule has 0 aromatic heterocycles. The predicted molar refractivity (Wildman–Crippen MR) is 98.7 cm³/mol. The molecule has 25 heavy (non-hydrogen) atoms. The van der Waals surface area contributed by atoms with Crippen LogP contribution in [0.15, 0.2) is 30.3 Å².